The molecular weight excluding hydrogens is 683 g/mol. The Bertz CT molecular complexity index is 964. The zero-order chi connectivity index (χ0) is 39.3. The molecule has 0 aliphatic carbocycles. The van der Waals surface area contributed by atoms with Crippen LogP contribution < -0.4 is 5.32 Å². The van der Waals surface area contributed by atoms with Gasteiger partial charge in [0.05, 0.1) is 39.9 Å². The molecule has 0 heterocycles. The second kappa shape index (κ2) is 36.4. The number of nitrogens with one attached hydrogen (secondary N) is 1. The molecule has 0 aliphatic heterocycles. The van der Waals surface area contributed by atoms with Gasteiger partial charge in [-0.2, -0.15) is 0 Å². The number of nitrogens with zero attached hydrogens (tertiary/aromatic N) is 1. The van der Waals surface area contributed by atoms with Crippen molar-refractivity contribution in [2.45, 2.75) is 199 Å². The van der Waals surface area contributed by atoms with Crippen LogP contribution in [0.3, 0.4) is 0 Å². The number of allylic oxidation sites excluding steroid dienone is 5. The fourth-order valence-corrected chi connectivity index (χ4v) is 6.79. The molecule has 8 nitrogen and oxygen atoms in total. The molecule has 0 fully saturated rings. The van der Waals surface area contributed by atoms with Crippen molar-refractivity contribution in [3.05, 3.63) is 36.5 Å². The molecule has 0 aromatic heterocycles. The molecule has 0 aromatic rings. The SMILES string of the molecule is CCCCCCCCC/C=C\CCCCCCCCCC(=O)NC(COP(=O)(O)OCC[N+](C)(C)C)C(O)/C=C/CC/C=C/CCCCCCCCC. The number of likely N-dealkylation sites (N-methyl/N-ethyl adjacent to an activating group) is 1. The van der Waals surface area contributed by atoms with Crippen LogP contribution in [0.15, 0.2) is 36.5 Å². The molecule has 0 aliphatic rings. The molecule has 0 spiro atoms. The van der Waals surface area contributed by atoms with Crippen LogP contribution in [-0.2, 0) is 18.4 Å². The molecule has 9 heteroatoms. The van der Waals surface area contributed by atoms with Crippen molar-refractivity contribution >= 4 is 13.7 Å². The van der Waals surface area contributed by atoms with E-state index in [1.807, 2.05) is 27.2 Å². The number of rotatable bonds is 39. The molecule has 53 heavy (non-hydrogen) atoms. The van der Waals surface area contributed by atoms with E-state index in [1.165, 1.54) is 128 Å². The summed E-state index contributed by atoms with van der Waals surface area (Å²) in [5, 5.41) is 13.8. The van der Waals surface area contributed by atoms with Crippen LogP contribution in [0.4, 0.5) is 0 Å². The van der Waals surface area contributed by atoms with Crippen LogP contribution >= 0.6 is 7.82 Å². The summed E-state index contributed by atoms with van der Waals surface area (Å²) in [6.45, 7) is 4.77. The summed E-state index contributed by atoms with van der Waals surface area (Å²) < 4.78 is 23.5. The number of phosphoric ester groups is 1. The molecule has 0 aromatic carbocycles. The Morgan fingerprint density at radius 2 is 1.04 bits per heavy atom. The van der Waals surface area contributed by atoms with E-state index in [1.54, 1.807) is 6.08 Å². The van der Waals surface area contributed by atoms with E-state index in [4.69, 9.17) is 9.05 Å². The lowest BCUT2D eigenvalue weighted by Crippen LogP contribution is -2.45. The standard InChI is InChI=1S/C44H85N2O6P/c1-6-8-10-12-14-16-18-20-21-22-23-24-26-28-30-32-34-36-38-44(48)45-42(41-52-53(49,50)51-40-39-46(3,4)5)43(47)37-35-33-31-29-27-25-19-17-15-13-11-9-7-2/h21-22,27,29,35,37,42-43,47H,6-20,23-26,28,30-34,36,38-41H2,1-5H3,(H-,45,48,49,50)/p+1/b22-21-,29-27+,37-35+. The van der Waals surface area contributed by atoms with Crippen LogP contribution in [0.2, 0.25) is 0 Å². The lowest BCUT2D eigenvalue weighted by Gasteiger charge is -2.25. The smallest absolute Gasteiger partial charge is 0.387 e. The maximum atomic E-state index is 12.8. The molecule has 312 valence electrons. The highest BCUT2D eigenvalue weighted by molar-refractivity contribution is 7.47. The van der Waals surface area contributed by atoms with E-state index >= 15 is 0 Å². The van der Waals surface area contributed by atoms with E-state index in [0.29, 0.717) is 17.4 Å². The van der Waals surface area contributed by atoms with Crippen LogP contribution in [0.25, 0.3) is 0 Å². The third kappa shape index (κ3) is 38.8. The topological polar surface area (TPSA) is 105 Å². The Balaban J connectivity index is 4.45. The van der Waals surface area contributed by atoms with Gasteiger partial charge >= 0.3 is 7.82 Å². The van der Waals surface area contributed by atoms with Gasteiger partial charge in [0.15, 0.2) is 0 Å². The van der Waals surface area contributed by atoms with Crippen LogP contribution in [0.5, 0.6) is 0 Å². The molecule has 3 N–H and O–H groups in total. The first kappa shape index (κ1) is 51.7. The van der Waals surface area contributed by atoms with E-state index in [9.17, 15) is 19.4 Å². The summed E-state index contributed by atoms with van der Waals surface area (Å²) in [7, 11) is 1.55. The van der Waals surface area contributed by atoms with Gasteiger partial charge in [-0.05, 0) is 57.8 Å². The first-order valence-corrected chi connectivity index (χ1v) is 23.4. The van der Waals surface area contributed by atoms with Crippen molar-refractivity contribution in [2.75, 3.05) is 40.9 Å². The van der Waals surface area contributed by atoms with E-state index in [2.05, 4.69) is 43.5 Å². The largest absolute Gasteiger partial charge is 0.472 e. The molecule has 0 rings (SSSR count). The summed E-state index contributed by atoms with van der Waals surface area (Å²) in [6, 6.07) is -0.862. The van der Waals surface area contributed by atoms with Crippen LogP contribution in [0.1, 0.15) is 187 Å². The molecule has 1 amide bonds. The quantitative estimate of drug-likeness (QED) is 0.0249. The van der Waals surface area contributed by atoms with Crippen molar-refractivity contribution in [3.63, 3.8) is 0 Å². The fourth-order valence-electron chi connectivity index (χ4n) is 6.05. The van der Waals surface area contributed by atoms with Gasteiger partial charge in [0.25, 0.3) is 0 Å². The van der Waals surface area contributed by atoms with E-state index < -0.39 is 20.0 Å². The van der Waals surface area contributed by atoms with Crippen LogP contribution in [-0.4, -0.2) is 73.4 Å². The monoisotopic (exact) mass is 770 g/mol. The van der Waals surface area contributed by atoms with Gasteiger partial charge in [0, 0.05) is 6.42 Å². The second-order valence-corrected chi connectivity index (χ2v) is 17.5. The summed E-state index contributed by atoms with van der Waals surface area (Å²) in [6.07, 6.45) is 43.5. The molecule has 0 saturated carbocycles. The number of hydrogen-bond acceptors (Lipinski definition) is 5. The zero-order valence-electron chi connectivity index (χ0n) is 35.3. The van der Waals surface area contributed by atoms with Crippen molar-refractivity contribution < 1.29 is 32.9 Å². The highest BCUT2D eigenvalue weighted by atomic mass is 31.2. The second-order valence-electron chi connectivity index (χ2n) is 16.1. The predicted octanol–water partition coefficient (Wildman–Crippen LogP) is 11.9. The Kier molecular flexibility index (Phi) is 35.5. The molecular formula is C44H86N2O6P+. The number of aliphatic hydroxyl groups is 1. The van der Waals surface area contributed by atoms with Gasteiger partial charge in [-0.3, -0.25) is 13.8 Å². The molecule has 0 bridgehead atoms. The average Bonchev–Trinajstić information content (AvgIpc) is 3.10. The summed E-state index contributed by atoms with van der Waals surface area (Å²) in [5.41, 5.74) is 0. The van der Waals surface area contributed by atoms with Gasteiger partial charge < -0.3 is 19.8 Å². The number of hydrogen-bond donors (Lipinski definition) is 3. The van der Waals surface area contributed by atoms with Crippen molar-refractivity contribution in [1.29, 1.82) is 0 Å². The third-order valence-electron chi connectivity index (χ3n) is 9.58. The molecule has 0 saturated heterocycles. The highest BCUT2D eigenvalue weighted by Crippen LogP contribution is 2.43. The minimum atomic E-state index is -4.34. The Hall–Kier alpha value is -1.28. The summed E-state index contributed by atoms with van der Waals surface area (Å²) >= 11 is 0. The summed E-state index contributed by atoms with van der Waals surface area (Å²) in [4.78, 5) is 23.1. The first-order valence-electron chi connectivity index (χ1n) is 21.9. The van der Waals surface area contributed by atoms with Gasteiger partial charge in [0.1, 0.15) is 13.2 Å². The van der Waals surface area contributed by atoms with Gasteiger partial charge in [-0.15, -0.1) is 0 Å². The lowest BCUT2D eigenvalue weighted by atomic mass is 10.1. The number of amides is 1. The number of carbonyl (C=O) groups is 1. The van der Waals surface area contributed by atoms with Gasteiger partial charge in [0.2, 0.25) is 5.91 Å². The number of carbonyl (C=O) groups excluding carboxylic acids is 1. The predicted molar refractivity (Wildman–Crippen MR) is 226 cm³/mol. The zero-order valence-corrected chi connectivity index (χ0v) is 36.1. The Morgan fingerprint density at radius 3 is 1.51 bits per heavy atom. The average molecular weight is 770 g/mol. The first-order chi connectivity index (χ1) is 25.5. The van der Waals surface area contributed by atoms with E-state index in [0.717, 1.165) is 38.5 Å². The van der Waals surface area contributed by atoms with Crippen molar-refractivity contribution in [3.8, 4) is 0 Å². The number of phosphoric acid groups is 1. The maximum Gasteiger partial charge on any atom is 0.472 e. The fraction of sp³-hybridized carbons (Fsp3) is 0.841. The Labute approximate surface area is 327 Å². The van der Waals surface area contributed by atoms with Gasteiger partial charge in [-0.25, -0.2) is 4.57 Å². The van der Waals surface area contributed by atoms with E-state index in [-0.39, 0.29) is 19.1 Å². The number of unbranched alkanes of at least 4 members (excludes halogenated alkanes) is 22. The minimum Gasteiger partial charge on any atom is -0.387 e. The lowest BCUT2D eigenvalue weighted by molar-refractivity contribution is -0.870. The minimum absolute atomic E-state index is 0.0552. The summed E-state index contributed by atoms with van der Waals surface area (Å²) in [5.74, 6) is -0.193. The maximum absolute atomic E-state index is 12.8. The number of quaternary nitrogens is 1. The normalized spacial score (nSPS) is 14.8. The van der Waals surface area contributed by atoms with Crippen LogP contribution in [0, 0.1) is 0 Å². The molecule has 0 radical (unpaired) electrons. The van der Waals surface area contributed by atoms with Crippen molar-refractivity contribution in [2.24, 2.45) is 0 Å². The third-order valence-corrected chi connectivity index (χ3v) is 10.6. The highest BCUT2D eigenvalue weighted by Gasteiger charge is 2.27. The number of aliphatic hydroxyl groups excluding tert-OH is 1. The Morgan fingerprint density at radius 1 is 0.623 bits per heavy atom. The van der Waals surface area contributed by atoms with Gasteiger partial charge in [-0.1, -0.05) is 159 Å². The molecule has 3 atom stereocenters. The molecule has 3 unspecified atom stereocenters. The van der Waals surface area contributed by atoms with Crippen molar-refractivity contribution in [1.82, 2.24) is 5.32 Å².